The van der Waals surface area contributed by atoms with Gasteiger partial charge in [0.15, 0.2) is 0 Å². The Labute approximate surface area is 360 Å². The maximum Gasteiger partial charge on any atom is 0.130 e. The number of aliphatic hydroxyl groups is 1. The molecular weight excluding hydrogens is 753 g/mol. The smallest absolute Gasteiger partial charge is 0.130 e. The lowest BCUT2D eigenvalue weighted by atomic mass is 10.1. The van der Waals surface area contributed by atoms with Crippen molar-refractivity contribution in [2.45, 2.75) is 33.8 Å². The number of nitrogens with zero attached hydrogens (tertiary/aromatic N) is 6. The van der Waals surface area contributed by atoms with Gasteiger partial charge < -0.3 is 19.6 Å². The van der Waals surface area contributed by atoms with Crippen molar-refractivity contribution in [1.29, 1.82) is 0 Å². The predicted molar refractivity (Wildman–Crippen MR) is 256 cm³/mol. The summed E-state index contributed by atoms with van der Waals surface area (Å²) in [5, 5.41) is 25.1. The highest BCUT2D eigenvalue weighted by molar-refractivity contribution is 5.86. The van der Waals surface area contributed by atoms with Crippen molar-refractivity contribution in [1.82, 2.24) is 0 Å². The van der Waals surface area contributed by atoms with Gasteiger partial charge in [-0.25, -0.2) is 5.01 Å². The fourth-order valence-corrected chi connectivity index (χ4v) is 7.02. The highest BCUT2D eigenvalue weighted by Crippen LogP contribution is 2.35. The number of rotatable bonds is 18. The second-order valence-electron chi connectivity index (χ2n) is 14.8. The number of hydrazone groups is 2. The molecule has 0 bridgehead atoms. The van der Waals surface area contributed by atoms with Gasteiger partial charge >= 0.3 is 0 Å². The van der Waals surface area contributed by atoms with Crippen LogP contribution in [0.3, 0.4) is 0 Å². The SMILES string of the molecule is CCN(CC)c1ccc(/C=N/N(c2ccccc2)c2ccccc2)c(OCC(O)CN(/N=C/c2ccc(N(c3ccc(C)cc3)c3ccc(C)cc3)cc2)c2ccccc2)c1. The summed E-state index contributed by atoms with van der Waals surface area (Å²) in [6, 6.07) is 61.7. The van der Waals surface area contributed by atoms with Crippen LogP contribution in [-0.2, 0) is 0 Å². The van der Waals surface area contributed by atoms with Crippen LogP contribution in [-0.4, -0.2) is 49.9 Å². The van der Waals surface area contributed by atoms with E-state index >= 15 is 0 Å². The molecule has 7 aromatic carbocycles. The molecule has 0 amide bonds. The summed E-state index contributed by atoms with van der Waals surface area (Å²) >= 11 is 0. The highest BCUT2D eigenvalue weighted by Gasteiger charge is 2.17. The van der Waals surface area contributed by atoms with Crippen molar-refractivity contribution in [2.75, 3.05) is 46.1 Å². The van der Waals surface area contributed by atoms with E-state index in [1.807, 2.05) is 126 Å². The topological polar surface area (TPSA) is 67.1 Å². The molecule has 7 aromatic rings. The van der Waals surface area contributed by atoms with Gasteiger partial charge in [-0.3, -0.25) is 5.01 Å². The lowest BCUT2D eigenvalue weighted by Gasteiger charge is -2.26. The van der Waals surface area contributed by atoms with Gasteiger partial charge in [0.25, 0.3) is 0 Å². The standard InChI is InChI=1S/C53H54N6O2/c1-5-56(6-2)51-35-28-44(38-55-59(49-18-12-8-13-19-49)50-20-14-9-15-21-50)53(36-51)61-40-52(60)39-57(45-16-10-7-11-17-45)54-37-43-26-33-48(34-27-43)58(46-29-22-41(3)23-30-46)47-31-24-42(4)25-32-47/h7-38,52,60H,5-6,39-40H2,1-4H3/b54-37+,55-38+. The van der Waals surface area contributed by atoms with E-state index in [0.29, 0.717) is 5.75 Å². The van der Waals surface area contributed by atoms with Crippen molar-refractivity contribution < 1.29 is 9.84 Å². The maximum absolute atomic E-state index is 11.6. The zero-order chi connectivity index (χ0) is 42.4. The van der Waals surface area contributed by atoms with Gasteiger partial charge in [0, 0.05) is 47.5 Å². The van der Waals surface area contributed by atoms with E-state index in [4.69, 9.17) is 14.9 Å². The van der Waals surface area contributed by atoms with E-state index in [2.05, 4.69) is 116 Å². The average Bonchev–Trinajstić information content (AvgIpc) is 3.30. The Morgan fingerprint density at radius 3 is 1.51 bits per heavy atom. The van der Waals surface area contributed by atoms with Crippen molar-refractivity contribution in [3.8, 4) is 5.75 Å². The molecule has 0 saturated carbocycles. The minimum absolute atomic E-state index is 0.0467. The lowest BCUT2D eigenvalue weighted by Crippen LogP contribution is -2.33. The number of ether oxygens (including phenoxy) is 1. The van der Waals surface area contributed by atoms with Crippen LogP contribution in [0.5, 0.6) is 5.75 Å². The molecule has 8 nitrogen and oxygen atoms in total. The van der Waals surface area contributed by atoms with Gasteiger partial charge in [0.2, 0.25) is 0 Å². The summed E-state index contributed by atoms with van der Waals surface area (Å²) in [4.78, 5) is 4.52. The van der Waals surface area contributed by atoms with Gasteiger partial charge in [-0.05, 0) is 118 Å². The molecular formula is C53H54N6O2. The molecule has 1 N–H and O–H groups in total. The second kappa shape index (κ2) is 20.7. The van der Waals surface area contributed by atoms with Crippen LogP contribution in [0.1, 0.15) is 36.1 Å². The number of anilines is 7. The van der Waals surface area contributed by atoms with E-state index in [0.717, 1.165) is 64.0 Å². The molecule has 1 unspecified atom stereocenters. The summed E-state index contributed by atoms with van der Waals surface area (Å²) in [6.45, 7) is 10.4. The minimum atomic E-state index is -0.871. The van der Waals surface area contributed by atoms with Crippen LogP contribution in [0.4, 0.5) is 39.8 Å². The molecule has 0 radical (unpaired) electrons. The Hall–Kier alpha value is -7.16. The van der Waals surface area contributed by atoms with Crippen LogP contribution in [0.2, 0.25) is 0 Å². The number of para-hydroxylation sites is 3. The number of hydrogen-bond donors (Lipinski definition) is 1. The molecule has 8 heteroatoms. The predicted octanol–water partition coefficient (Wildman–Crippen LogP) is 12.1. The monoisotopic (exact) mass is 806 g/mol. The van der Waals surface area contributed by atoms with E-state index in [-0.39, 0.29) is 13.2 Å². The van der Waals surface area contributed by atoms with Crippen molar-refractivity contribution in [2.24, 2.45) is 10.2 Å². The average molecular weight is 807 g/mol. The molecule has 0 heterocycles. The molecule has 0 spiro atoms. The Morgan fingerprint density at radius 1 is 0.525 bits per heavy atom. The van der Waals surface area contributed by atoms with Crippen LogP contribution in [0, 0.1) is 13.8 Å². The lowest BCUT2D eigenvalue weighted by molar-refractivity contribution is 0.112. The van der Waals surface area contributed by atoms with E-state index in [1.165, 1.54) is 11.1 Å². The van der Waals surface area contributed by atoms with Gasteiger partial charge in [-0.15, -0.1) is 0 Å². The van der Waals surface area contributed by atoms with Crippen molar-refractivity contribution in [3.63, 3.8) is 0 Å². The fraction of sp³-hybridized carbons (Fsp3) is 0.170. The molecule has 61 heavy (non-hydrogen) atoms. The van der Waals surface area contributed by atoms with Crippen LogP contribution < -0.4 is 24.6 Å². The first kappa shape index (κ1) is 42.0. The Balaban J connectivity index is 1.10. The van der Waals surface area contributed by atoms with Crippen LogP contribution in [0.15, 0.2) is 192 Å². The summed E-state index contributed by atoms with van der Waals surface area (Å²) < 4.78 is 6.47. The zero-order valence-electron chi connectivity index (χ0n) is 35.4. The number of hydrogen-bond acceptors (Lipinski definition) is 8. The molecule has 0 fully saturated rings. The van der Waals surface area contributed by atoms with Crippen molar-refractivity contribution in [3.05, 3.63) is 204 Å². The van der Waals surface area contributed by atoms with Gasteiger partial charge in [-0.2, -0.15) is 10.2 Å². The second-order valence-corrected chi connectivity index (χ2v) is 14.8. The van der Waals surface area contributed by atoms with E-state index < -0.39 is 6.10 Å². The maximum atomic E-state index is 11.6. The first-order valence-electron chi connectivity index (χ1n) is 20.9. The molecule has 0 saturated heterocycles. The van der Waals surface area contributed by atoms with Gasteiger partial charge in [0.1, 0.15) is 18.5 Å². The third kappa shape index (κ3) is 11.1. The first-order chi connectivity index (χ1) is 29.9. The molecule has 308 valence electrons. The highest BCUT2D eigenvalue weighted by atomic mass is 16.5. The number of aliphatic hydroxyl groups excluding tert-OH is 1. The van der Waals surface area contributed by atoms with Crippen LogP contribution in [0.25, 0.3) is 0 Å². The number of benzene rings is 7. The van der Waals surface area contributed by atoms with Crippen LogP contribution >= 0.6 is 0 Å². The first-order valence-corrected chi connectivity index (χ1v) is 20.9. The van der Waals surface area contributed by atoms with Crippen molar-refractivity contribution >= 4 is 52.2 Å². The minimum Gasteiger partial charge on any atom is -0.490 e. The Morgan fingerprint density at radius 2 is 1.00 bits per heavy atom. The van der Waals surface area contributed by atoms with E-state index in [1.54, 1.807) is 0 Å². The third-order valence-corrected chi connectivity index (χ3v) is 10.4. The molecule has 0 aliphatic rings. The Kier molecular flexibility index (Phi) is 14.2. The third-order valence-electron chi connectivity index (χ3n) is 10.4. The van der Waals surface area contributed by atoms with Gasteiger partial charge in [-0.1, -0.05) is 102 Å². The fourth-order valence-electron chi connectivity index (χ4n) is 7.02. The zero-order valence-corrected chi connectivity index (χ0v) is 35.4. The summed E-state index contributed by atoms with van der Waals surface area (Å²) in [7, 11) is 0. The molecule has 0 aliphatic heterocycles. The Bertz CT molecular complexity index is 2370. The quantitative estimate of drug-likeness (QED) is 0.0688. The van der Waals surface area contributed by atoms with Gasteiger partial charge in [0.05, 0.1) is 36.0 Å². The molecule has 7 rings (SSSR count). The summed E-state index contributed by atoms with van der Waals surface area (Å²) in [5.41, 5.74) is 11.1. The summed E-state index contributed by atoms with van der Waals surface area (Å²) in [5.74, 6) is 0.633. The largest absolute Gasteiger partial charge is 0.490 e. The molecule has 1 atom stereocenters. The normalized spacial score (nSPS) is 11.8. The molecule has 0 aromatic heterocycles. The number of aryl methyl sites for hydroxylation is 2. The van der Waals surface area contributed by atoms with E-state index in [9.17, 15) is 5.11 Å². The molecule has 0 aliphatic carbocycles. The summed E-state index contributed by atoms with van der Waals surface area (Å²) in [6.07, 6.45) is 2.78.